The first-order chi connectivity index (χ1) is 13.8. The first-order valence-electron chi connectivity index (χ1n) is 8.55. The number of nitrogens with zero attached hydrogens (tertiary/aromatic N) is 3. The van der Waals surface area contributed by atoms with Crippen LogP contribution in [-0.4, -0.2) is 14.5 Å². The monoisotopic (exact) mass is 406 g/mol. The fourth-order valence-corrected chi connectivity index (χ4v) is 2.82. The summed E-state index contributed by atoms with van der Waals surface area (Å²) in [5.41, 5.74) is 8.17. The molecule has 0 radical (unpaired) electrons. The van der Waals surface area contributed by atoms with Gasteiger partial charge < -0.3 is 10.3 Å². The summed E-state index contributed by atoms with van der Waals surface area (Å²) in [5.74, 6) is 4.14. The molecule has 10 heteroatoms. The quantitative estimate of drug-likeness (QED) is 0.253. The van der Waals surface area contributed by atoms with Crippen LogP contribution >= 0.6 is 0 Å². The van der Waals surface area contributed by atoms with E-state index in [1.54, 1.807) is 16.8 Å². The lowest BCUT2D eigenvalue weighted by Gasteiger charge is -2.12. The lowest BCUT2D eigenvalue weighted by atomic mass is 10.0. The van der Waals surface area contributed by atoms with Crippen LogP contribution in [0.15, 0.2) is 61.1 Å². The largest absolute Gasteiger partial charge is 0.416 e. The fraction of sp³-hybridized carbons (Fsp3) is 0.158. The summed E-state index contributed by atoms with van der Waals surface area (Å²) in [4.78, 5) is 8.40. The molecular weight excluding hydrogens is 388 g/mol. The van der Waals surface area contributed by atoms with Crippen molar-refractivity contribution in [1.29, 1.82) is 0 Å². The second kappa shape index (κ2) is 8.31. The molecule has 0 aliphatic heterocycles. The van der Waals surface area contributed by atoms with Crippen molar-refractivity contribution < 1.29 is 17.6 Å². The number of rotatable bonds is 6. The van der Waals surface area contributed by atoms with Crippen LogP contribution in [-0.2, 0) is 19.1 Å². The van der Waals surface area contributed by atoms with Gasteiger partial charge in [0.1, 0.15) is 5.69 Å². The molecule has 5 N–H and O–H groups in total. The predicted octanol–water partition coefficient (Wildman–Crippen LogP) is 3.22. The van der Waals surface area contributed by atoms with Gasteiger partial charge in [0.25, 0.3) is 0 Å². The van der Waals surface area contributed by atoms with Gasteiger partial charge in [-0.05, 0) is 30.2 Å². The molecule has 0 bridgehead atoms. The number of nitrogens with two attached hydrogens (primary N) is 2. The van der Waals surface area contributed by atoms with Crippen molar-refractivity contribution >= 4 is 5.70 Å². The standard InChI is InChI=1S/C19H18F4N6/c20-18(28-25)17(24)13-5-7-26-15(9-13)16-10-29(11-27-16)8-6-12-3-1-2-4-14(12)19(21,22)23/h1-5,7,9-11,28H,6,8,24-25H2/b18-17-. The van der Waals surface area contributed by atoms with Gasteiger partial charge in [0.05, 0.1) is 23.3 Å². The Morgan fingerprint density at radius 2 is 1.86 bits per heavy atom. The van der Waals surface area contributed by atoms with Gasteiger partial charge in [-0.3, -0.25) is 10.4 Å². The maximum absolute atomic E-state index is 13.5. The van der Waals surface area contributed by atoms with Crippen LogP contribution in [0.25, 0.3) is 17.1 Å². The van der Waals surface area contributed by atoms with E-state index in [0.717, 1.165) is 6.07 Å². The van der Waals surface area contributed by atoms with E-state index < -0.39 is 17.7 Å². The van der Waals surface area contributed by atoms with Crippen molar-refractivity contribution in [2.45, 2.75) is 19.1 Å². The highest BCUT2D eigenvalue weighted by molar-refractivity contribution is 5.68. The molecular formula is C19H18F4N6. The molecule has 2 aromatic heterocycles. The van der Waals surface area contributed by atoms with E-state index in [4.69, 9.17) is 11.6 Å². The highest BCUT2D eigenvalue weighted by Crippen LogP contribution is 2.32. The van der Waals surface area contributed by atoms with Crippen molar-refractivity contribution in [3.05, 3.63) is 77.8 Å². The van der Waals surface area contributed by atoms with Gasteiger partial charge in [-0.15, -0.1) is 0 Å². The normalized spacial score (nSPS) is 12.6. The number of aryl methyl sites for hydroxylation is 2. The molecule has 0 aliphatic rings. The Hall–Kier alpha value is -3.40. The van der Waals surface area contributed by atoms with E-state index in [9.17, 15) is 17.6 Å². The lowest BCUT2D eigenvalue weighted by Crippen LogP contribution is -2.21. The number of imidazole rings is 1. The molecule has 0 spiro atoms. The molecule has 0 amide bonds. The number of pyridine rings is 1. The van der Waals surface area contributed by atoms with Gasteiger partial charge in [-0.1, -0.05) is 18.2 Å². The molecule has 0 atom stereocenters. The molecule has 0 aliphatic carbocycles. The second-order valence-electron chi connectivity index (χ2n) is 6.20. The summed E-state index contributed by atoms with van der Waals surface area (Å²) >= 11 is 0. The van der Waals surface area contributed by atoms with Crippen LogP contribution in [0.5, 0.6) is 0 Å². The Morgan fingerprint density at radius 3 is 2.59 bits per heavy atom. The summed E-state index contributed by atoms with van der Waals surface area (Å²) in [6.45, 7) is 0.299. The molecule has 0 fully saturated rings. The molecule has 152 valence electrons. The van der Waals surface area contributed by atoms with Crippen LogP contribution < -0.4 is 17.0 Å². The zero-order valence-corrected chi connectivity index (χ0v) is 15.1. The molecule has 3 aromatic rings. The van der Waals surface area contributed by atoms with E-state index in [2.05, 4.69) is 9.97 Å². The molecule has 0 saturated carbocycles. The Labute approximate surface area is 163 Å². The maximum atomic E-state index is 13.5. The molecule has 3 rings (SSSR count). The average molecular weight is 406 g/mol. The van der Waals surface area contributed by atoms with E-state index in [0.29, 0.717) is 23.5 Å². The van der Waals surface area contributed by atoms with Crippen molar-refractivity contribution in [2.75, 3.05) is 0 Å². The highest BCUT2D eigenvalue weighted by atomic mass is 19.4. The second-order valence-corrected chi connectivity index (χ2v) is 6.20. The Kier molecular flexibility index (Phi) is 5.83. The van der Waals surface area contributed by atoms with Gasteiger partial charge >= 0.3 is 6.18 Å². The first kappa shape index (κ1) is 20.3. The first-order valence-corrected chi connectivity index (χ1v) is 8.55. The minimum atomic E-state index is -4.40. The average Bonchev–Trinajstić information content (AvgIpc) is 3.20. The number of halogens is 4. The van der Waals surface area contributed by atoms with Crippen LogP contribution in [0.2, 0.25) is 0 Å². The molecule has 2 heterocycles. The Balaban J connectivity index is 1.78. The minimum absolute atomic E-state index is 0.181. The molecule has 1 aromatic carbocycles. The molecule has 6 nitrogen and oxygen atoms in total. The molecule has 29 heavy (non-hydrogen) atoms. The summed E-state index contributed by atoms with van der Waals surface area (Å²) < 4.78 is 54.5. The molecule has 0 saturated heterocycles. The van der Waals surface area contributed by atoms with Gasteiger partial charge in [0.2, 0.25) is 5.95 Å². The summed E-state index contributed by atoms with van der Waals surface area (Å²) in [6.07, 6.45) is 0.380. The summed E-state index contributed by atoms with van der Waals surface area (Å²) in [7, 11) is 0. The Morgan fingerprint density at radius 1 is 1.10 bits per heavy atom. The lowest BCUT2D eigenvalue weighted by molar-refractivity contribution is -0.138. The topological polar surface area (TPSA) is 94.8 Å². The van der Waals surface area contributed by atoms with E-state index in [-0.39, 0.29) is 17.7 Å². The third-order valence-electron chi connectivity index (χ3n) is 4.29. The van der Waals surface area contributed by atoms with E-state index in [1.807, 2.05) is 5.43 Å². The van der Waals surface area contributed by atoms with Gasteiger partial charge in [0.15, 0.2) is 0 Å². The Bertz CT molecular complexity index is 1030. The van der Waals surface area contributed by atoms with Crippen molar-refractivity contribution in [3.8, 4) is 11.4 Å². The maximum Gasteiger partial charge on any atom is 0.416 e. The van der Waals surface area contributed by atoms with Crippen molar-refractivity contribution in [3.63, 3.8) is 0 Å². The SMILES string of the molecule is NN/C(F)=C(\N)c1ccnc(-c2cn(CCc3ccccc3C(F)(F)F)cn2)c1. The fourth-order valence-electron chi connectivity index (χ4n) is 2.82. The van der Waals surface area contributed by atoms with E-state index in [1.165, 1.54) is 36.8 Å². The number of hydrazine groups is 1. The van der Waals surface area contributed by atoms with Gasteiger partial charge in [-0.25, -0.2) is 10.8 Å². The van der Waals surface area contributed by atoms with Gasteiger partial charge in [0, 0.05) is 24.5 Å². The number of aromatic nitrogens is 3. The number of hydrogen-bond acceptors (Lipinski definition) is 5. The van der Waals surface area contributed by atoms with Crippen LogP contribution in [0, 0.1) is 0 Å². The van der Waals surface area contributed by atoms with Crippen LogP contribution in [0.1, 0.15) is 16.7 Å². The zero-order chi connectivity index (χ0) is 21.0. The molecule has 0 unspecified atom stereocenters. The number of alkyl halides is 3. The smallest absolute Gasteiger partial charge is 0.395 e. The summed E-state index contributed by atoms with van der Waals surface area (Å²) in [5, 5.41) is 0. The zero-order valence-electron chi connectivity index (χ0n) is 15.1. The van der Waals surface area contributed by atoms with E-state index >= 15 is 0 Å². The number of hydrogen-bond donors (Lipinski definition) is 3. The third kappa shape index (κ3) is 4.72. The van der Waals surface area contributed by atoms with Crippen molar-refractivity contribution in [1.82, 2.24) is 20.0 Å². The summed E-state index contributed by atoms with van der Waals surface area (Å²) in [6, 6.07) is 8.52. The third-order valence-corrected chi connectivity index (χ3v) is 4.29. The van der Waals surface area contributed by atoms with Crippen LogP contribution in [0.4, 0.5) is 17.6 Å². The van der Waals surface area contributed by atoms with Crippen molar-refractivity contribution in [2.24, 2.45) is 11.6 Å². The highest BCUT2D eigenvalue weighted by Gasteiger charge is 2.32. The minimum Gasteiger partial charge on any atom is -0.395 e. The predicted molar refractivity (Wildman–Crippen MR) is 100 cm³/mol. The number of benzene rings is 1. The van der Waals surface area contributed by atoms with Gasteiger partial charge in [-0.2, -0.15) is 17.6 Å². The van der Waals surface area contributed by atoms with Crippen LogP contribution in [0.3, 0.4) is 0 Å². The number of nitrogens with one attached hydrogen (secondary N) is 1.